The van der Waals surface area contributed by atoms with Crippen molar-refractivity contribution in [3.63, 3.8) is 0 Å². The average molecular weight is 417 g/mol. The highest BCUT2D eigenvalue weighted by Crippen LogP contribution is 2.28. The lowest BCUT2D eigenvalue weighted by atomic mass is 10.00. The maximum atomic E-state index is 13.2. The largest absolute Gasteiger partial charge is 0.444 e. The molecule has 1 unspecified atom stereocenters. The summed E-state index contributed by atoms with van der Waals surface area (Å²) in [4.78, 5) is 25.8. The third kappa shape index (κ3) is 6.45. The number of hydrogen-bond donors (Lipinski definition) is 1. The molecule has 25 heavy (non-hydrogen) atoms. The summed E-state index contributed by atoms with van der Waals surface area (Å²) in [5, 5.41) is 3.01. The van der Waals surface area contributed by atoms with Gasteiger partial charge in [0.05, 0.1) is 0 Å². The number of amides is 2. The zero-order chi connectivity index (χ0) is 18.6. The zero-order valence-electron chi connectivity index (χ0n) is 15.0. The smallest absolute Gasteiger partial charge is 0.410 e. The van der Waals surface area contributed by atoms with Crippen molar-refractivity contribution in [1.29, 1.82) is 0 Å². The van der Waals surface area contributed by atoms with Crippen molar-refractivity contribution in [2.75, 3.05) is 13.1 Å². The molecule has 0 spiro atoms. The number of piperidine rings is 1. The van der Waals surface area contributed by atoms with Gasteiger partial charge >= 0.3 is 6.09 Å². The normalized spacial score (nSPS) is 22.1. The fourth-order valence-electron chi connectivity index (χ4n) is 2.84. The molecule has 1 aliphatic heterocycles. The van der Waals surface area contributed by atoms with Gasteiger partial charge in [-0.05, 0) is 45.3 Å². The van der Waals surface area contributed by atoms with Gasteiger partial charge in [0.1, 0.15) is 11.4 Å². The first-order valence-corrected chi connectivity index (χ1v) is 9.52. The van der Waals surface area contributed by atoms with E-state index in [1.807, 2.05) is 20.8 Å². The number of carbonyl (C=O) groups is 2. The Labute approximate surface area is 156 Å². The Morgan fingerprint density at radius 1 is 1.32 bits per heavy atom. The average Bonchev–Trinajstić information content (AvgIpc) is 2.49. The molecule has 0 aromatic heterocycles. The number of ether oxygens (including phenoxy) is 1. The monoisotopic (exact) mass is 416 g/mol. The minimum atomic E-state index is -0.504. The Bertz CT molecular complexity index is 575. The number of hydrogen-bond acceptors (Lipinski definition) is 3. The summed E-state index contributed by atoms with van der Waals surface area (Å²) in [6.07, 6.45) is 4.73. The summed E-state index contributed by atoms with van der Waals surface area (Å²) in [6, 6.07) is 0.0523. The Kier molecular flexibility index (Phi) is 6.65. The maximum absolute atomic E-state index is 13.2. The third-order valence-electron chi connectivity index (χ3n) is 4.13. The molecule has 2 aliphatic rings. The number of rotatable bonds is 3. The topological polar surface area (TPSA) is 58.6 Å². The molecule has 1 aliphatic carbocycles. The molecule has 1 atom stereocenters. The summed E-state index contributed by atoms with van der Waals surface area (Å²) >= 11 is 3.41. The zero-order valence-corrected chi connectivity index (χ0v) is 16.6. The van der Waals surface area contributed by atoms with Crippen molar-refractivity contribution in [1.82, 2.24) is 10.2 Å². The van der Waals surface area contributed by atoms with Crippen molar-refractivity contribution in [2.24, 2.45) is 0 Å². The van der Waals surface area contributed by atoms with Crippen LogP contribution >= 0.6 is 15.9 Å². The molecule has 1 saturated heterocycles. The number of carbonyl (C=O) groups excluding carboxylic acids is 2. The third-order valence-corrected chi connectivity index (χ3v) is 5.04. The molecule has 5 nitrogen and oxygen atoms in total. The van der Waals surface area contributed by atoms with Gasteiger partial charge in [-0.2, -0.15) is 0 Å². The molecule has 0 radical (unpaired) electrons. The van der Waals surface area contributed by atoms with Crippen molar-refractivity contribution in [3.8, 4) is 0 Å². The van der Waals surface area contributed by atoms with E-state index in [0.717, 1.165) is 5.57 Å². The second-order valence-electron chi connectivity index (χ2n) is 7.51. The molecule has 1 N–H and O–H groups in total. The quantitative estimate of drug-likeness (QED) is 0.710. The summed E-state index contributed by atoms with van der Waals surface area (Å²) in [7, 11) is 0. The molecular formula is C18H26BrFN2O3. The molecule has 2 rings (SSSR count). The number of nitrogens with zero attached hydrogens (tertiary/aromatic N) is 1. The Hall–Kier alpha value is -1.37. The van der Waals surface area contributed by atoms with E-state index in [1.165, 1.54) is 6.08 Å². The van der Waals surface area contributed by atoms with Crippen LogP contribution in [-0.4, -0.2) is 46.5 Å². The van der Waals surface area contributed by atoms with Gasteiger partial charge in [0.2, 0.25) is 5.91 Å². The van der Waals surface area contributed by atoms with Gasteiger partial charge in [-0.3, -0.25) is 4.79 Å². The molecule has 0 saturated carbocycles. The van der Waals surface area contributed by atoms with Gasteiger partial charge in [0, 0.05) is 36.8 Å². The second-order valence-corrected chi connectivity index (χ2v) is 8.62. The predicted octanol–water partition coefficient (Wildman–Crippen LogP) is 3.84. The van der Waals surface area contributed by atoms with E-state index in [4.69, 9.17) is 4.74 Å². The molecule has 140 valence electrons. The minimum Gasteiger partial charge on any atom is -0.444 e. The molecule has 1 heterocycles. The lowest BCUT2D eigenvalue weighted by Crippen LogP contribution is -2.47. The van der Waals surface area contributed by atoms with Crippen molar-refractivity contribution in [3.05, 3.63) is 23.6 Å². The highest BCUT2D eigenvalue weighted by molar-refractivity contribution is 9.09. The Balaban J connectivity index is 1.76. The maximum Gasteiger partial charge on any atom is 0.410 e. The van der Waals surface area contributed by atoms with Crippen molar-refractivity contribution < 1.29 is 18.7 Å². The molecule has 0 aromatic carbocycles. The number of allylic oxidation sites excluding steroid dienone is 3. The van der Waals surface area contributed by atoms with Gasteiger partial charge < -0.3 is 15.0 Å². The van der Waals surface area contributed by atoms with Crippen LogP contribution in [-0.2, 0) is 9.53 Å². The molecular weight excluding hydrogens is 391 g/mol. The summed E-state index contributed by atoms with van der Waals surface area (Å²) < 4.78 is 18.5. The molecule has 7 heteroatoms. The van der Waals surface area contributed by atoms with Crippen molar-refractivity contribution in [2.45, 2.75) is 62.9 Å². The van der Waals surface area contributed by atoms with E-state index in [-0.39, 0.29) is 41.5 Å². The van der Waals surface area contributed by atoms with Gasteiger partial charge in [0.15, 0.2) is 0 Å². The first-order chi connectivity index (χ1) is 11.6. The van der Waals surface area contributed by atoms with E-state index in [0.29, 0.717) is 25.9 Å². The van der Waals surface area contributed by atoms with Crippen LogP contribution in [0.3, 0.4) is 0 Å². The van der Waals surface area contributed by atoms with Gasteiger partial charge in [-0.1, -0.05) is 22.0 Å². The predicted molar refractivity (Wildman–Crippen MR) is 98.2 cm³/mol. The fraction of sp³-hybridized carbons (Fsp3) is 0.667. The van der Waals surface area contributed by atoms with E-state index in [1.54, 1.807) is 11.0 Å². The van der Waals surface area contributed by atoms with Crippen LogP contribution in [0.1, 0.15) is 46.5 Å². The van der Waals surface area contributed by atoms with Crippen molar-refractivity contribution >= 4 is 27.9 Å². The Morgan fingerprint density at radius 2 is 1.96 bits per heavy atom. The van der Waals surface area contributed by atoms with Crippen LogP contribution in [0, 0.1) is 0 Å². The van der Waals surface area contributed by atoms with Gasteiger partial charge in [-0.25, -0.2) is 9.18 Å². The summed E-state index contributed by atoms with van der Waals surface area (Å²) in [5.74, 6) is -0.248. The second kappa shape index (κ2) is 8.34. The highest BCUT2D eigenvalue weighted by atomic mass is 79.9. The van der Waals surface area contributed by atoms with Crippen LogP contribution in [0.25, 0.3) is 0 Å². The number of halogens is 2. The van der Waals surface area contributed by atoms with E-state index in [2.05, 4.69) is 21.2 Å². The van der Waals surface area contributed by atoms with Crippen LogP contribution in [0.4, 0.5) is 9.18 Å². The number of likely N-dealkylation sites (tertiary alicyclic amines) is 1. The van der Waals surface area contributed by atoms with Crippen LogP contribution in [0.5, 0.6) is 0 Å². The highest BCUT2D eigenvalue weighted by Gasteiger charge is 2.28. The standard InChI is InChI=1S/C18H26BrFN2O3/c1-18(2,3)25-17(24)22-8-6-14(7-9-22)21-16(23)10-12-4-5-13(20)11-15(12)19/h4-5,14-15H,6-11H2,1-3H3,(H,21,23). The number of nitrogens with one attached hydrogen (secondary N) is 1. The van der Waals surface area contributed by atoms with Gasteiger partial charge in [-0.15, -0.1) is 0 Å². The minimum absolute atomic E-state index is 0.0523. The molecule has 0 aromatic rings. The fourth-order valence-corrected chi connectivity index (χ4v) is 3.46. The molecule has 2 amide bonds. The van der Waals surface area contributed by atoms with E-state index < -0.39 is 5.60 Å². The first-order valence-electron chi connectivity index (χ1n) is 8.60. The SMILES string of the molecule is CC(C)(C)OC(=O)N1CCC(NC(=O)CC2=CC=C(F)CC2Br)CC1. The van der Waals surface area contributed by atoms with Crippen LogP contribution in [0.2, 0.25) is 0 Å². The van der Waals surface area contributed by atoms with Gasteiger partial charge in [0.25, 0.3) is 0 Å². The molecule has 0 bridgehead atoms. The number of alkyl halides is 1. The van der Waals surface area contributed by atoms with E-state index >= 15 is 0 Å². The van der Waals surface area contributed by atoms with Crippen LogP contribution in [0.15, 0.2) is 23.6 Å². The summed E-state index contributed by atoms with van der Waals surface area (Å²) in [5.41, 5.74) is 0.376. The van der Waals surface area contributed by atoms with Crippen LogP contribution < -0.4 is 5.32 Å². The summed E-state index contributed by atoms with van der Waals surface area (Å²) in [6.45, 7) is 6.66. The first kappa shape index (κ1) is 19.9. The van der Waals surface area contributed by atoms with E-state index in [9.17, 15) is 14.0 Å². The molecule has 1 fully saturated rings. The Morgan fingerprint density at radius 3 is 2.52 bits per heavy atom. The lowest BCUT2D eigenvalue weighted by molar-refractivity contribution is -0.121. The lowest BCUT2D eigenvalue weighted by Gasteiger charge is -2.33.